The Kier molecular flexibility index (Phi) is 3.76. The van der Waals surface area contributed by atoms with Gasteiger partial charge in [0.1, 0.15) is 0 Å². The lowest BCUT2D eigenvalue weighted by molar-refractivity contribution is 0.0987. The van der Waals surface area contributed by atoms with Gasteiger partial charge in [-0.1, -0.05) is 35.9 Å². The molecule has 0 spiro atoms. The Balaban J connectivity index is 1.99. The van der Waals surface area contributed by atoms with E-state index in [1.165, 1.54) is 0 Å². The van der Waals surface area contributed by atoms with Gasteiger partial charge in [0.25, 0.3) is 5.91 Å². The van der Waals surface area contributed by atoms with Gasteiger partial charge in [0.05, 0.1) is 0 Å². The Bertz CT molecular complexity index is 649. The predicted octanol–water partition coefficient (Wildman–Crippen LogP) is 3.44. The SMILES string of the molecule is Cc1ccc(C(=O)N2CCCC(N)c3ccccc32)cc1. The second kappa shape index (κ2) is 5.70. The van der Waals surface area contributed by atoms with Crippen LogP contribution in [-0.4, -0.2) is 12.5 Å². The van der Waals surface area contributed by atoms with Crippen molar-refractivity contribution in [1.82, 2.24) is 0 Å². The number of nitrogens with two attached hydrogens (primary N) is 1. The zero-order valence-electron chi connectivity index (χ0n) is 12.3. The van der Waals surface area contributed by atoms with Crippen LogP contribution in [0.4, 0.5) is 5.69 Å². The lowest BCUT2D eigenvalue weighted by Crippen LogP contribution is -2.31. The highest BCUT2D eigenvalue weighted by molar-refractivity contribution is 6.06. The van der Waals surface area contributed by atoms with Gasteiger partial charge in [-0.2, -0.15) is 0 Å². The summed E-state index contributed by atoms with van der Waals surface area (Å²) in [5, 5.41) is 0. The van der Waals surface area contributed by atoms with E-state index in [1.807, 2.05) is 60.4 Å². The van der Waals surface area contributed by atoms with E-state index in [-0.39, 0.29) is 11.9 Å². The summed E-state index contributed by atoms with van der Waals surface area (Å²) in [4.78, 5) is 14.7. The first-order chi connectivity index (χ1) is 10.2. The largest absolute Gasteiger partial charge is 0.324 e. The van der Waals surface area contributed by atoms with Crippen LogP contribution in [0.1, 0.15) is 40.4 Å². The van der Waals surface area contributed by atoms with Crippen LogP contribution in [0.15, 0.2) is 48.5 Å². The normalized spacial score (nSPS) is 18.0. The predicted molar refractivity (Wildman–Crippen MR) is 85.5 cm³/mol. The number of hydrogen-bond acceptors (Lipinski definition) is 2. The van der Waals surface area contributed by atoms with Gasteiger partial charge in [-0.3, -0.25) is 4.79 Å². The van der Waals surface area contributed by atoms with Gasteiger partial charge in [-0.15, -0.1) is 0 Å². The Morgan fingerprint density at radius 2 is 1.86 bits per heavy atom. The highest BCUT2D eigenvalue weighted by Crippen LogP contribution is 2.32. The molecular formula is C18H20N2O. The molecule has 1 amide bonds. The molecule has 3 heteroatoms. The molecule has 2 N–H and O–H groups in total. The van der Waals surface area contributed by atoms with E-state index in [2.05, 4.69) is 0 Å². The average Bonchev–Trinajstić information content (AvgIpc) is 2.67. The summed E-state index contributed by atoms with van der Waals surface area (Å²) in [5.74, 6) is 0.0524. The number of amides is 1. The lowest BCUT2D eigenvalue weighted by Gasteiger charge is -2.23. The van der Waals surface area contributed by atoms with Crippen LogP contribution in [0, 0.1) is 6.92 Å². The van der Waals surface area contributed by atoms with Crippen molar-refractivity contribution in [2.24, 2.45) is 5.73 Å². The van der Waals surface area contributed by atoms with Crippen molar-refractivity contribution >= 4 is 11.6 Å². The first kappa shape index (κ1) is 13.8. The first-order valence-electron chi connectivity index (χ1n) is 7.40. The van der Waals surface area contributed by atoms with Gasteiger partial charge < -0.3 is 10.6 Å². The smallest absolute Gasteiger partial charge is 0.258 e. The molecule has 0 bridgehead atoms. The Morgan fingerprint density at radius 3 is 2.62 bits per heavy atom. The minimum absolute atomic E-state index is 0.0111. The van der Waals surface area contributed by atoms with Crippen LogP contribution in [0.25, 0.3) is 0 Å². The van der Waals surface area contributed by atoms with Crippen LogP contribution in [0.3, 0.4) is 0 Å². The summed E-state index contributed by atoms with van der Waals surface area (Å²) in [5.41, 5.74) is 10.1. The molecule has 1 heterocycles. The van der Waals surface area contributed by atoms with Crippen LogP contribution in [0.2, 0.25) is 0 Å². The molecule has 2 aromatic rings. The number of hydrogen-bond donors (Lipinski definition) is 1. The van der Waals surface area contributed by atoms with E-state index >= 15 is 0 Å². The number of carbonyl (C=O) groups is 1. The van der Waals surface area contributed by atoms with Gasteiger partial charge in [0.2, 0.25) is 0 Å². The number of benzene rings is 2. The molecule has 1 aliphatic rings. The van der Waals surface area contributed by atoms with E-state index in [0.29, 0.717) is 0 Å². The van der Waals surface area contributed by atoms with Crippen LogP contribution in [0.5, 0.6) is 0 Å². The zero-order valence-corrected chi connectivity index (χ0v) is 12.3. The number of nitrogens with zero attached hydrogens (tertiary/aromatic N) is 1. The molecule has 108 valence electrons. The van der Waals surface area contributed by atoms with Crippen molar-refractivity contribution in [1.29, 1.82) is 0 Å². The first-order valence-corrected chi connectivity index (χ1v) is 7.40. The number of aryl methyl sites for hydroxylation is 1. The third kappa shape index (κ3) is 2.69. The van der Waals surface area contributed by atoms with Crippen molar-refractivity contribution < 1.29 is 4.79 Å². The summed E-state index contributed by atoms with van der Waals surface area (Å²) >= 11 is 0. The Hall–Kier alpha value is -2.13. The van der Waals surface area contributed by atoms with Crippen molar-refractivity contribution in [3.05, 3.63) is 65.2 Å². The summed E-state index contributed by atoms with van der Waals surface area (Å²) in [6, 6.07) is 15.7. The van der Waals surface area contributed by atoms with Gasteiger partial charge >= 0.3 is 0 Å². The van der Waals surface area contributed by atoms with Gasteiger partial charge in [0.15, 0.2) is 0 Å². The average molecular weight is 280 g/mol. The van der Waals surface area contributed by atoms with E-state index in [1.54, 1.807) is 0 Å². The van der Waals surface area contributed by atoms with E-state index in [4.69, 9.17) is 5.73 Å². The number of rotatable bonds is 1. The quantitative estimate of drug-likeness (QED) is 0.869. The topological polar surface area (TPSA) is 46.3 Å². The second-order valence-electron chi connectivity index (χ2n) is 5.63. The summed E-state index contributed by atoms with van der Waals surface area (Å²) in [6.07, 6.45) is 1.84. The van der Waals surface area contributed by atoms with Gasteiger partial charge in [-0.25, -0.2) is 0 Å². The molecule has 1 unspecified atom stereocenters. The van der Waals surface area contributed by atoms with Crippen LogP contribution in [-0.2, 0) is 0 Å². The fourth-order valence-electron chi connectivity index (χ4n) is 2.86. The van der Waals surface area contributed by atoms with E-state index in [0.717, 1.165) is 41.8 Å². The second-order valence-corrected chi connectivity index (χ2v) is 5.63. The molecule has 3 nitrogen and oxygen atoms in total. The summed E-state index contributed by atoms with van der Waals surface area (Å²) < 4.78 is 0. The Morgan fingerprint density at radius 1 is 1.14 bits per heavy atom. The van der Waals surface area contributed by atoms with Crippen LogP contribution < -0.4 is 10.6 Å². The van der Waals surface area contributed by atoms with Crippen molar-refractivity contribution in [2.45, 2.75) is 25.8 Å². The number of carbonyl (C=O) groups excluding carboxylic acids is 1. The zero-order chi connectivity index (χ0) is 14.8. The van der Waals surface area contributed by atoms with Crippen molar-refractivity contribution in [3.8, 4) is 0 Å². The van der Waals surface area contributed by atoms with Gasteiger partial charge in [-0.05, 0) is 43.5 Å². The maximum absolute atomic E-state index is 12.8. The third-order valence-electron chi connectivity index (χ3n) is 4.07. The van der Waals surface area contributed by atoms with Crippen molar-refractivity contribution in [2.75, 3.05) is 11.4 Å². The maximum Gasteiger partial charge on any atom is 0.258 e. The summed E-state index contributed by atoms with van der Waals surface area (Å²) in [6.45, 7) is 2.74. The molecule has 21 heavy (non-hydrogen) atoms. The minimum atomic E-state index is 0.0111. The van der Waals surface area contributed by atoms with Crippen LogP contribution >= 0.6 is 0 Å². The molecule has 0 aliphatic carbocycles. The van der Waals surface area contributed by atoms with E-state index < -0.39 is 0 Å². The number of anilines is 1. The molecule has 1 aliphatic heterocycles. The van der Waals surface area contributed by atoms with Gasteiger partial charge in [0, 0.05) is 23.8 Å². The molecule has 0 aromatic heterocycles. The maximum atomic E-state index is 12.8. The number of fused-ring (bicyclic) bond motifs is 1. The molecule has 0 saturated carbocycles. The standard InChI is InChI=1S/C18H20N2O/c1-13-8-10-14(11-9-13)18(21)20-12-4-6-16(19)15-5-2-3-7-17(15)20/h2-3,5,7-11,16H,4,6,12,19H2,1H3. The Labute approximate surface area is 125 Å². The number of para-hydroxylation sites is 1. The molecule has 0 fully saturated rings. The van der Waals surface area contributed by atoms with E-state index in [9.17, 15) is 4.79 Å². The highest BCUT2D eigenvalue weighted by atomic mass is 16.2. The monoisotopic (exact) mass is 280 g/mol. The molecule has 3 rings (SSSR count). The minimum Gasteiger partial charge on any atom is -0.324 e. The van der Waals surface area contributed by atoms with Crippen molar-refractivity contribution in [3.63, 3.8) is 0 Å². The highest BCUT2D eigenvalue weighted by Gasteiger charge is 2.25. The summed E-state index contributed by atoms with van der Waals surface area (Å²) in [7, 11) is 0. The fourth-order valence-corrected chi connectivity index (χ4v) is 2.86. The molecule has 0 radical (unpaired) electrons. The molecule has 2 aromatic carbocycles. The third-order valence-corrected chi connectivity index (χ3v) is 4.07. The molecule has 1 atom stereocenters. The lowest BCUT2D eigenvalue weighted by atomic mass is 10.0. The molecular weight excluding hydrogens is 260 g/mol. The molecule has 0 saturated heterocycles. The fraction of sp³-hybridized carbons (Fsp3) is 0.278.